The van der Waals surface area contributed by atoms with E-state index in [1.165, 1.54) is 6.33 Å². The molecule has 0 saturated heterocycles. The normalized spacial score (nSPS) is 10.4. The van der Waals surface area contributed by atoms with Gasteiger partial charge in [-0.25, -0.2) is 15.0 Å². The zero-order valence-electron chi connectivity index (χ0n) is 13.8. The van der Waals surface area contributed by atoms with E-state index in [1.807, 2.05) is 25.1 Å². The van der Waals surface area contributed by atoms with Gasteiger partial charge in [0.05, 0.1) is 4.92 Å². The van der Waals surface area contributed by atoms with Crippen molar-refractivity contribution < 1.29 is 4.92 Å². The van der Waals surface area contributed by atoms with Crippen molar-refractivity contribution in [1.29, 1.82) is 0 Å². The molecule has 2 heterocycles. The second kappa shape index (κ2) is 7.75. The van der Waals surface area contributed by atoms with Gasteiger partial charge in [-0.2, -0.15) is 0 Å². The van der Waals surface area contributed by atoms with Crippen molar-refractivity contribution in [3.8, 4) is 0 Å². The lowest BCUT2D eigenvalue weighted by Gasteiger charge is -2.11. The molecule has 8 nitrogen and oxygen atoms in total. The molecule has 0 saturated carbocycles. The first-order chi connectivity index (χ1) is 12.5. The van der Waals surface area contributed by atoms with Crippen LogP contribution >= 0.6 is 11.6 Å². The molecule has 0 radical (unpaired) electrons. The SMILES string of the molecule is Cc1cccnc1Nc1ncnc(NCc2ccc(Cl)cc2)c1[N+](=O)[O-]. The minimum atomic E-state index is -0.523. The molecule has 2 aromatic heterocycles. The van der Waals surface area contributed by atoms with Gasteiger partial charge in [-0.15, -0.1) is 0 Å². The van der Waals surface area contributed by atoms with Crippen LogP contribution in [-0.4, -0.2) is 19.9 Å². The number of nitro groups is 1. The molecule has 0 aliphatic rings. The summed E-state index contributed by atoms with van der Waals surface area (Å²) >= 11 is 5.86. The van der Waals surface area contributed by atoms with Gasteiger partial charge in [0.1, 0.15) is 12.1 Å². The fourth-order valence-electron chi connectivity index (χ4n) is 2.29. The molecule has 0 bridgehead atoms. The number of hydrogen-bond donors (Lipinski definition) is 2. The quantitative estimate of drug-likeness (QED) is 0.497. The van der Waals surface area contributed by atoms with Gasteiger partial charge in [0, 0.05) is 17.8 Å². The van der Waals surface area contributed by atoms with Crippen LogP contribution in [0, 0.1) is 17.0 Å². The smallest absolute Gasteiger partial charge is 0.353 e. The summed E-state index contributed by atoms with van der Waals surface area (Å²) in [6.07, 6.45) is 2.86. The lowest BCUT2D eigenvalue weighted by molar-refractivity contribution is -0.383. The molecule has 0 aliphatic heterocycles. The second-order valence-electron chi connectivity index (χ2n) is 5.45. The van der Waals surface area contributed by atoms with Gasteiger partial charge in [-0.3, -0.25) is 10.1 Å². The van der Waals surface area contributed by atoms with E-state index in [1.54, 1.807) is 24.4 Å². The number of hydrogen-bond acceptors (Lipinski definition) is 7. The summed E-state index contributed by atoms with van der Waals surface area (Å²) in [6.45, 7) is 2.21. The maximum Gasteiger partial charge on any atom is 0.353 e. The standard InChI is InChI=1S/C17H15ClN6O2/c1-11-3-2-8-19-15(11)23-17-14(24(25)26)16(21-10-22-17)20-9-12-4-6-13(18)7-5-12/h2-8,10H,9H2,1H3,(H2,19,20,21,22,23). The van der Waals surface area contributed by atoms with Crippen LogP contribution in [0.4, 0.5) is 23.1 Å². The Hall–Kier alpha value is -3.26. The van der Waals surface area contributed by atoms with Crippen LogP contribution in [0.1, 0.15) is 11.1 Å². The summed E-state index contributed by atoms with van der Waals surface area (Å²) < 4.78 is 0. The molecular formula is C17H15ClN6O2. The van der Waals surface area contributed by atoms with Crippen LogP contribution in [0.5, 0.6) is 0 Å². The fourth-order valence-corrected chi connectivity index (χ4v) is 2.42. The molecule has 132 valence electrons. The van der Waals surface area contributed by atoms with Gasteiger partial charge in [0.2, 0.25) is 11.6 Å². The van der Waals surface area contributed by atoms with Gasteiger partial charge in [0.25, 0.3) is 0 Å². The first kappa shape index (κ1) is 17.6. The van der Waals surface area contributed by atoms with Crippen molar-refractivity contribution in [3.05, 3.63) is 75.2 Å². The van der Waals surface area contributed by atoms with E-state index in [0.29, 0.717) is 17.4 Å². The third-order valence-corrected chi connectivity index (χ3v) is 3.88. The molecule has 26 heavy (non-hydrogen) atoms. The maximum atomic E-state index is 11.6. The van der Waals surface area contributed by atoms with Crippen LogP contribution in [0.2, 0.25) is 5.02 Å². The number of aryl methyl sites for hydroxylation is 1. The minimum Gasteiger partial charge on any atom is -0.360 e. The van der Waals surface area contributed by atoms with Crippen LogP contribution in [0.15, 0.2) is 48.9 Å². The first-order valence-corrected chi connectivity index (χ1v) is 8.08. The van der Waals surface area contributed by atoms with E-state index in [4.69, 9.17) is 11.6 Å². The Morgan fingerprint density at radius 1 is 1.08 bits per heavy atom. The first-order valence-electron chi connectivity index (χ1n) is 7.71. The summed E-state index contributed by atoms with van der Waals surface area (Å²) in [5, 5.41) is 18.1. The maximum absolute atomic E-state index is 11.6. The molecule has 9 heteroatoms. The van der Waals surface area contributed by atoms with Crippen LogP contribution in [-0.2, 0) is 6.54 Å². The highest BCUT2D eigenvalue weighted by atomic mass is 35.5. The monoisotopic (exact) mass is 370 g/mol. The topological polar surface area (TPSA) is 106 Å². The lowest BCUT2D eigenvalue weighted by atomic mass is 10.2. The molecule has 0 unspecified atom stereocenters. The third-order valence-electron chi connectivity index (χ3n) is 3.62. The highest BCUT2D eigenvalue weighted by Crippen LogP contribution is 2.31. The number of benzene rings is 1. The number of nitrogens with zero attached hydrogens (tertiary/aromatic N) is 4. The molecule has 3 rings (SSSR count). The predicted molar refractivity (Wildman–Crippen MR) is 99.7 cm³/mol. The molecule has 3 aromatic rings. The molecule has 0 aliphatic carbocycles. The van der Waals surface area contributed by atoms with Crippen LogP contribution in [0.25, 0.3) is 0 Å². The van der Waals surface area contributed by atoms with Gasteiger partial charge in [-0.05, 0) is 36.2 Å². The Morgan fingerprint density at radius 3 is 2.50 bits per heavy atom. The third kappa shape index (κ3) is 4.04. The number of aromatic nitrogens is 3. The van der Waals surface area contributed by atoms with E-state index < -0.39 is 4.92 Å². The van der Waals surface area contributed by atoms with Crippen molar-refractivity contribution in [3.63, 3.8) is 0 Å². The van der Waals surface area contributed by atoms with E-state index in [9.17, 15) is 10.1 Å². The van der Waals surface area contributed by atoms with Crippen LogP contribution < -0.4 is 10.6 Å². The second-order valence-corrected chi connectivity index (χ2v) is 5.89. The molecule has 0 fully saturated rings. The van der Waals surface area contributed by atoms with Crippen molar-refractivity contribution in [2.75, 3.05) is 10.6 Å². The summed E-state index contributed by atoms with van der Waals surface area (Å²) in [5.41, 5.74) is 1.51. The number of halogens is 1. The highest BCUT2D eigenvalue weighted by Gasteiger charge is 2.23. The summed E-state index contributed by atoms with van der Waals surface area (Å²) in [6, 6.07) is 10.8. The molecule has 1 aromatic carbocycles. The Labute approximate surface area is 154 Å². The molecule has 0 atom stereocenters. The summed E-state index contributed by atoms with van der Waals surface area (Å²) in [5.74, 6) is 0.694. The number of anilines is 3. The van der Waals surface area contributed by atoms with E-state index in [-0.39, 0.29) is 17.3 Å². The lowest BCUT2D eigenvalue weighted by Crippen LogP contribution is -2.09. The van der Waals surface area contributed by atoms with Crippen molar-refractivity contribution in [2.45, 2.75) is 13.5 Å². The molecule has 0 amide bonds. The van der Waals surface area contributed by atoms with E-state index >= 15 is 0 Å². The predicted octanol–water partition coefficient (Wildman–Crippen LogP) is 4.10. The fraction of sp³-hybridized carbons (Fsp3) is 0.118. The van der Waals surface area contributed by atoms with Gasteiger partial charge in [0.15, 0.2) is 0 Å². The number of nitrogens with one attached hydrogen (secondary N) is 2. The van der Waals surface area contributed by atoms with E-state index in [0.717, 1.165) is 11.1 Å². The Balaban J connectivity index is 1.87. The number of pyridine rings is 1. The Kier molecular flexibility index (Phi) is 5.23. The average molecular weight is 371 g/mol. The largest absolute Gasteiger partial charge is 0.360 e. The van der Waals surface area contributed by atoms with Crippen molar-refractivity contribution in [1.82, 2.24) is 15.0 Å². The van der Waals surface area contributed by atoms with E-state index in [2.05, 4.69) is 25.6 Å². The highest BCUT2D eigenvalue weighted by molar-refractivity contribution is 6.30. The average Bonchev–Trinajstić information content (AvgIpc) is 2.63. The van der Waals surface area contributed by atoms with Crippen LogP contribution in [0.3, 0.4) is 0 Å². The molecule has 2 N–H and O–H groups in total. The molecule has 0 spiro atoms. The zero-order chi connectivity index (χ0) is 18.5. The minimum absolute atomic E-state index is 0.0745. The summed E-state index contributed by atoms with van der Waals surface area (Å²) in [7, 11) is 0. The van der Waals surface area contributed by atoms with Gasteiger partial charge >= 0.3 is 5.69 Å². The number of rotatable bonds is 6. The Bertz CT molecular complexity index is 933. The zero-order valence-corrected chi connectivity index (χ0v) is 14.6. The van der Waals surface area contributed by atoms with Gasteiger partial charge in [-0.1, -0.05) is 29.8 Å². The Morgan fingerprint density at radius 2 is 1.81 bits per heavy atom. The van der Waals surface area contributed by atoms with Crippen molar-refractivity contribution in [2.24, 2.45) is 0 Å². The van der Waals surface area contributed by atoms with Crippen molar-refractivity contribution >= 4 is 34.7 Å². The molecular weight excluding hydrogens is 356 g/mol. The van der Waals surface area contributed by atoms with Gasteiger partial charge < -0.3 is 10.6 Å². The summed E-state index contributed by atoms with van der Waals surface area (Å²) in [4.78, 5) is 23.2.